The van der Waals surface area contributed by atoms with Crippen molar-refractivity contribution in [2.24, 2.45) is 5.41 Å². The molecule has 1 fully saturated rings. The molecule has 0 aliphatic heterocycles. The van der Waals surface area contributed by atoms with Crippen LogP contribution in [0, 0.1) is 16.7 Å². The molecule has 4 nitrogen and oxygen atoms in total. The molecule has 1 aromatic heterocycles. The molecule has 0 spiro atoms. The van der Waals surface area contributed by atoms with Crippen molar-refractivity contribution < 1.29 is 4.79 Å². The Morgan fingerprint density at radius 2 is 2.47 bits per heavy atom. The summed E-state index contributed by atoms with van der Waals surface area (Å²) in [6.45, 7) is 0.441. The molecule has 0 unspecified atom stereocenters. The minimum atomic E-state index is -0.734. The fourth-order valence-corrected chi connectivity index (χ4v) is 1.37. The van der Waals surface area contributed by atoms with Gasteiger partial charge in [-0.3, -0.25) is 9.78 Å². The number of amides is 1. The van der Waals surface area contributed by atoms with Gasteiger partial charge in [-0.05, 0) is 24.5 Å². The van der Waals surface area contributed by atoms with E-state index in [1.807, 2.05) is 12.1 Å². The highest BCUT2D eigenvalue weighted by Gasteiger charge is 2.50. The Morgan fingerprint density at radius 1 is 1.67 bits per heavy atom. The zero-order valence-corrected chi connectivity index (χ0v) is 8.23. The Morgan fingerprint density at radius 3 is 3.00 bits per heavy atom. The van der Waals surface area contributed by atoms with Crippen LogP contribution < -0.4 is 5.32 Å². The molecule has 1 aliphatic rings. The van der Waals surface area contributed by atoms with Crippen LogP contribution in [0.4, 0.5) is 0 Å². The van der Waals surface area contributed by atoms with Crippen molar-refractivity contribution in [2.45, 2.75) is 19.4 Å². The van der Waals surface area contributed by atoms with Crippen molar-refractivity contribution in [3.63, 3.8) is 0 Å². The van der Waals surface area contributed by atoms with Crippen LogP contribution in [0.25, 0.3) is 0 Å². The highest BCUT2D eigenvalue weighted by Crippen LogP contribution is 2.44. The summed E-state index contributed by atoms with van der Waals surface area (Å²) in [4.78, 5) is 15.5. The highest BCUT2D eigenvalue weighted by atomic mass is 16.2. The average molecular weight is 201 g/mol. The topological polar surface area (TPSA) is 65.8 Å². The van der Waals surface area contributed by atoms with Gasteiger partial charge in [0.25, 0.3) is 0 Å². The maximum Gasteiger partial charge on any atom is 0.240 e. The van der Waals surface area contributed by atoms with Gasteiger partial charge < -0.3 is 5.32 Å². The van der Waals surface area contributed by atoms with Gasteiger partial charge >= 0.3 is 0 Å². The molecular weight excluding hydrogens is 190 g/mol. The molecule has 0 bridgehead atoms. The van der Waals surface area contributed by atoms with Crippen LogP contribution in [-0.2, 0) is 11.3 Å². The van der Waals surface area contributed by atoms with E-state index in [2.05, 4.69) is 16.4 Å². The van der Waals surface area contributed by atoms with Gasteiger partial charge in [0.15, 0.2) is 0 Å². The molecule has 0 atom stereocenters. The number of nitrogens with one attached hydrogen (secondary N) is 1. The van der Waals surface area contributed by atoms with Gasteiger partial charge in [-0.15, -0.1) is 0 Å². The van der Waals surface area contributed by atoms with Crippen molar-refractivity contribution in [2.75, 3.05) is 0 Å². The van der Waals surface area contributed by atoms with Crippen LogP contribution in [0.1, 0.15) is 18.4 Å². The van der Waals surface area contributed by atoms with Crippen molar-refractivity contribution in [3.05, 3.63) is 30.1 Å². The lowest BCUT2D eigenvalue weighted by atomic mass is 10.1. The molecule has 2 rings (SSSR count). The fourth-order valence-electron chi connectivity index (χ4n) is 1.37. The molecule has 15 heavy (non-hydrogen) atoms. The van der Waals surface area contributed by atoms with Crippen LogP contribution in [0.2, 0.25) is 0 Å². The second-order valence-electron chi connectivity index (χ2n) is 3.74. The van der Waals surface area contributed by atoms with E-state index in [-0.39, 0.29) is 5.91 Å². The lowest BCUT2D eigenvalue weighted by Gasteiger charge is -2.07. The Balaban J connectivity index is 1.90. The molecule has 1 heterocycles. The number of aromatic nitrogens is 1. The SMILES string of the molecule is N#CC1(C(=O)NCc2cccnc2)CC1. The maximum atomic E-state index is 11.6. The summed E-state index contributed by atoms with van der Waals surface area (Å²) in [5.41, 5.74) is 0.210. The molecule has 0 saturated heterocycles. The molecular formula is C11H11N3O. The number of nitrogens with zero attached hydrogens (tertiary/aromatic N) is 2. The monoisotopic (exact) mass is 201 g/mol. The predicted molar refractivity (Wildman–Crippen MR) is 53.4 cm³/mol. The lowest BCUT2D eigenvalue weighted by Crippen LogP contribution is -2.30. The summed E-state index contributed by atoms with van der Waals surface area (Å²) in [6, 6.07) is 5.77. The summed E-state index contributed by atoms with van der Waals surface area (Å²) in [7, 11) is 0. The van der Waals surface area contributed by atoms with E-state index in [4.69, 9.17) is 5.26 Å². The largest absolute Gasteiger partial charge is 0.351 e. The van der Waals surface area contributed by atoms with Crippen molar-refractivity contribution in [1.29, 1.82) is 5.26 Å². The number of pyridine rings is 1. The first-order chi connectivity index (χ1) is 7.27. The minimum Gasteiger partial charge on any atom is -0.351 e. The Bertz CT molecular complexity index is 404. The molecule has 1 aromatic rings. The van der Waals surface area contributed by atoms with Gasteiger partial charge in [0.1, 0.15) is 5.41 Å². The van der Waals surface area contributed by atoms with Crippen molar-refractivity contribution >= 4 is 5.91 Å². The number of carbonyl (C=O) groups is 1. The second-order valence-corrected chi connectivity index (χ2v) is 3.74. The summed E-state index contributed by atoms with van der Waals surface area (Å²) in [5.74, 6) is -0.158. The number of hydrogen-bond acceptors (Lipinski definition) is 3. The molecule has 1 saturated carbocycles. The third-order valence-electron chi connectivity index (χ3n) is 2.57. The predicted octanol–water partition coefficient (Wildman–Crippen LogP) is 1.00. The highest BCUT2D eigenvalue weighted by molar-refractivity contribution is 5.88. The van der Waals surface area contributed by atoms with Gasteiger partial charge in [0, 0.05) is 18.9 Å². The van der Waals surface area contributed by atoms with E-state index in [9.17, 15) is 4.79 Å². The number of nitriles is 1. The molecule has 1 aliphatic carbocycles. The minimum absolute atomic E-state index is 0.158. The lowest BCUT2D eigenvalue weighted by molar-refractivity contribution is -0.124. The van der Waals surface area contributed by atoms with Gasteiger partial charge in [-0.1, -0.05) is 6.07 Å². The van der Waals surface area contributed by atoms with Crippen molar-refractivity contribution in [1.82, 2.24) is 10.3 Å². The van der Waals surface area contributed by atoms with E-state index in [1.54, 1.807) is 12.4 Å². The van der Waals surface area contributed by atoms with E-state index in [1.165, 1.54) is 0 Å². The standard InChI is InChI=1S/C11H11N3O/c12-8-11(3-4-11)10(15)14-7-9-2-1-5-13-6-9/h1-2,5-6H,3-4,7H2,(H,14,15). The molecule has 0 radical (unpaired) electrons. The first kappa shape index (κ1) is 9.66. The maximum absolute atomic E-state index is 11.6. The van der Waals surface area contributed by atoms with Gasteiger partial charge in [0.2, 0.25) is 5.91 Å². The summed E-state index contributed by atoms with van der Waals surface area (Å²) in [5, 5.41) is 11.6. The van der Waals surface area contributed by atoms with Crippen LogP contribution in [0.3, 0.4) is 0 Å². The van der Waals surface area contributed by atoms with Crippen LogP contribution in [0.15, 0.2) is 24.5 Å². The second kappa shape index (κ2) is 3.70. The normalized spacial score (nSPS) is 16.5. The number of carbonyl (C=O) groups excluding carboxylic acids is 1. The zero-order valence-electron chi connectivity index (χ0n) is 8.23. The molecule has 76 valence electrons. The smallest absolute Gasteiger partial charge is 0.240 e. The van der Waals surface area contributed by atoms with Crippen LogP contribution >= 0.6 is 0 Å². The summed E-state index contributed by atoms with van der Waals surface area (Å²) >= 11 is 0. The Labute approximate surface area is 87.9 Å². The summed E-state index contributed by atoms with van der Waals surface area (Å²) in [6.07, 6.45) is 4.75. The third-order valence-corrected chi connectivity index (χ3v) is 2.57. The van der Waals surface area contributed by atoms with E-state index < -0.39 is 5.41 Å². The number of hydrogen-bond donors (Lipinski definition) is 1. The van der Waals surface area contributed by atoms with E-state index in [0.717, 1.165) is 5.56 Å². The molecule has 1 N–H and O–H groups in total. The summed E-state index contributed by atoms with van der Waals surface area (Å²) < 4.78 is 0. The third kappa shape index (κ3) is 1.96. The Hall–Kier alpha value is -1.89. The van der Waals surface area contributed by atoms with Crippen LogP contribution in [0.5, 0.6) is 0 Å². The van der Waals surface area contributed by atoms with E-state index in [0.29, 0.717) is 19.4 Å². The average Bonchev–Trinajstić information content (AvgIpc) is 3.08. The van der Waals surface area contributed by atoms with Crippen molar-refractivity contribution in [3.8, 4) is 6.07 Å². The van der Waals surface area contributed by atoms with Gasteiger partial charge in [-0.25, -0.2) is 0 Å². The number of rotatable bonds is 3. The first-order valence-electron chi connectivity index (χ1n) is 4.85. The van der Waals surface area contributed by atoms with Crippen LogP contribution in [-0.4, -0.2) is 10.9 Å². The fraction of sp³-hybridized carbons (Fsp3) is 0.364. The van der Waals surface area contributed by atoms with E-state index >= 15 is 0 Å². The van der Waals surface area contributed by atoms with Gasteiger partial charge in [-0.2, -0.15) is 5.26 Å². The zero-order chi connectivity index (χ0) is 10.7. The van der Waals surface area contributed by atoms with Gasteiger partial charge in [0.05, 0.1) is 6.07 Å². The first-order valence-corrected chi connectivity index (χ1v) is 4.85. The Kier molecular flexibility index (Phi) is 2.38. The molecule has 4 heteroatoms. The quantitative estimate of drug-likeness (QED) is 0.793. The molecule has 0 aromatic carbocycles. The molecule has 1 amide bonds.